The monoisotopic (exact) mass is 287 g/mol. The predicted octanol–water partition coefficient (Wildman–Crippen LogP) is 2.54. The van der Waals surface area contributed by atoms with Crippen molar-refractivity contribution in [3.63, 3.8) is 0 Å². The van der Waals surface area contributed by atoms with Crippen LogP contribution in [0.2, 0.25) is 0 Å². The Labute approximate surface area is 115 Å². The number of hydrogen-bond donors (Lipinski definition) is 1. The Kier molecular flexibility index (Phi) is 3.77. The van der Waals surface area contributed by atoms with Gasteiger partial charge in [-0.15, -0.1) is 0 Å². The van der Waals surface area contributed by atoms with Gasteiger partial charge in [-0.25, -0.2) is 0 Å². The fraction of sp³-hybridized carbons (Fsp3) is 0.500. The van der Waals surface area contributed by atoms with Gasteiger partial charge in [0.15, 0.2) is 0 Å². The van der Waals surface area contributed by atoms with E-state index in [-0.39, 0.29) is 5.91 Å². The van der Waals surface area contributed by atoms with Crippen LogP contribution in [0.25, 0.3) is 0 Å². The van der Waals surface area contributed by atoms with Gasteiger partial charge >= 0.3 is 6.18 Å². The van der Waals surface area contributed by atoms with Gasteiger partial charge in [-0.1, -0.05) is 12.1 Å². The molecule has 0 saturated carbocycles. The third-order valence-corrected chi connectivity index (χ3v) is 3.79. The molecule has 1 heterocycles. The van der Waals surface area contributed by atoms with E-state index in [4.69, 9.17) is 0 Å². The van der Waals surface area contributed by atoms with Crippen LogP contribution >= 0.6 is 0 Å². The molecule has 1 aliphatic rings. The van der Waals surface area contributed by atoms with Crippen LogP contribution < -0.4 is 0 Å². The van der Waals surface area contributed by atoms with Crippen molar-refractivity contribution in [2.24, 2.45) is 0 Å². The van der Waals surface area contributed by atoms with E-state index in [1.807, 2.05) is 0 Å². The lowest BCUT2D eigenvalue weighted by Gasteiger charge is -2.38. The molecule has 110 valence electrons. The number of likely N-dealkylation sites (tertiary alicyclic amines) is 1. The van der Waals surface area contributed by atoms with Gasteiger partial charge in [0, 0.05) is 20.0 Å². The second kappa shape index (κ2) is 5.09. The Hall–Kier alpha value is -1.56. The van der Waals surface area contributed by atoms with Crippen molar-refractivity contribution in [3.8, 4) is 0 Å². The first-order valence-electron chi connectivity index (χ1n) is 6.38. The zero-order valence-corrected chi connectivity index (χ0v) is 11.1. The van der Waals surface area contributed by atoms with Crippen molar-refractivity contribution < 1.29 is 23.1 Å². The fourth-order valence-electron chi connectivity index (χ4n) is 2.45. The molecule has 0 bridgehead atoms. The predicted molar refractivity (Wildman–Crippen MR) is 66.8 cm³/mol. The lowest BCUT2D eigenvalue weighted by molar-refractivity contribution is -0.138. The van der Waals surface area contributed by atoms with Crippen molar-refractivity contribution >= 4 is 5.91 Å². The molecule has 0 aliphatic carbocycles. The highest BCUT2D eigenvalue weighted by molar-refractivity contribution is 5.73. The minimum atomic E-state index is -4.38. The maximum Gasteiger partial charge on any atom is 0.416 e. The summed E-state index contributed by atoms with van der Waals surface area (Å²) < 4.78 is 37.5. The number of halogens is 3. The molecule has 0 unspecified atom stereocenters. The average molecular weight is 287 g/mol. The van der Waals surface area contributed by atoms with E-state index in [1.54, 1.807) is 4.90 Å². The summed E-state index contributed by atoms with van der Waals surface area (Å²) in [5.74, 6) is -0.0560. The molecule has 20 heavy (non-hydrogen) atoms. The van der Waals surface area contributed by atoms with Crippen molar-refractivity contribution in [1.82, 2.24) is 4.90 Å². The lowest BCUT2D eigenvalue weighted by atomic mass is 9.84. The number of amides is 1. The van der Waals surface area contributed by atoms with E-state index >= 15 is 0 Å². The number of benzene rings is 1. The molecule has 2 rings (SSSR count). The zero-order valence-electron chi connectivity index (χ0n) is 11.1. The molecular weight excluding hydrogens is 271 g/mol. The molecule has 1 N–H and O–H groups in total. The largest absolute Gasteiger partial charge is 0.416 e. The molecular formula is C14H16F3NO2. The Morgan fingerprint density at radius 1 is 1.20 bits per heavy atom. The number of alkyl halides is 3. The highest BCUT2D eigenvalue weighted by Gasteiger charge is 2.36. The number of hydrogen-bond acceptors (Lipinski definition) is 2. The molecule has 0 spiro atoms. The Morgan fingerprint density at radius 2 is 1.70 bits per heavy atom. The molecule has 1 aromatic carbocycles. The Bertz CT molecular complexity index is 488. The van der Waals surface area contributed by atoms with E-state index in [0.29, 0.717) is 31.5 Å². The maximum absolute atomic E-state index is 12.5. The lowest BCUT2D eigenvalue weighted by Crippen LogP contribution is -2.44. The van der Waals surface area contributed by atoms with E-state index in [0.717, 1.165) is 12.1 Å². The number of rotatable bonds is 1. The highest BCUT2D eigenvalue weighted by atomic mass is 19.4. The van der Waals surface area contributed by atoms with E-state index in [9.17, 15) is 23.1 Å². The standard InChI is InChI=1S/C14H16F3NO2/c1-10(19)18-8-6-13(20,7-9-18)11-2-4-12(5-3-11)14(15,16)17/h2-5,20H,6-9H2,1H3. The Balaban J connectivity index is 2.14. The number of aliphatic hydroxyl groups is 1. The van der Waals surface area contributed by atoms with Crippen molar-refractivity contribution in [2.45, 2.75) is 31.5 Å². The van der Waals surface area contributed by atoms with Gasteiger partial charge in [-0.05, 0) is 30.5 Å². The molecule has 0 aromatic heterocycles. The molecule has 0 atom stereocenters. The van der Waals surface area contributed by atoms with Crippen LogP contribution in [0.1, 0.15) is 30.9 Å². The van der Waals surface area contributed by atoms with Gasteiger partial charge in [-0.3, -0.25) is 4.79 Å². The third-order valence-electron chi connectivity index (χ3n) is 3.79. The van der Waals surface area contributed by atoms with Gasteiger partial charge in [0.25, 0.3) is 0 Å². The minimum Gasteiger partial charge on any atom is -0.385 e. The summed E-state index contributed by atoms with van der Waals surface area (Å²) in [5, 5.41) is 10.5. The van der Waals surface area contributed by atoms with Crippen LogP contribution in [0.15, 0.2) is 24.3 Å². The smallest absolute Gasteiger partial charge is 0.385 e. The molecule has 1 amide bonds. The summed E-state index contributed by atoms with van der Waals surface area (Å²) in [4.78, 5) is 12.8. The summed E-state index contributed by atoms with van der Waals surface area (Å²) in [7, 11) is 0. The van der Waals surface area contributed by atoms with Crippen LogP contribution in [0, 0.1) is 0 Å². The van der Waals surface area contributed by atoms with E-state index in [1.165, 1.54) is 19.1 Å². The molecule has 3 nitrogen and oxygen atoms in total. The summed E-state index contributed by atoms with van der Waals surface area (Å²) in [6.45, 7) is 2.28. The second-order valence-electron chi connectivity index (χ2n) is 5.11. The average Bonchev–Trinajstić information content (AvgIpc) is 2.38. The highest BCUT2D eigenvalue weighted by Crippen LogP contribution is 2.35. The number of carbonyl (C=O) groups is 1. The first kappa shape index (κ1) is 14.8. The van der Waals surface area contributed by atoms with Crippen LogP contribution in [0.3, 0.4) is 0 Å². The number of nitrogens with zero attached hydrogens (tertiary/aromatic N) is 1. The van der Waals surface area contributed by atoms with Crippen LogP contribution in [0.5, 0.6) is 0 Å². The van der Waals surface area contributed by atoms with E-state index < -0.39 is 17.3 Å². The zero-order chi connectivity index (χ0) is 15.0. The maximum atomic E-state index is 12.5. The SMILES string of the molecule is CC(=O)N1CCC(O)(c2ccc(C(F)(F)F)cc2)CC1. The normalized spacial score (nSPS) is 18.9. The van der Waals surface area contributed by atoms with Gasteiger partial charge in [0.2, 0.25) is 5.91 Å². The molecule has 1 saturated heterocycles. The first-order chi connectivity index (χ1) is 9.22. The quantitative estimate of drug-likeness (QED) is 0.862. The summed E-state index contributed by atoms with van der Waals surface area (Å²) >= 11 is 0. The molecule has 1 aliphatic heterocycles. The number of piperidine rings is 1. The first-order valence-corrected chi connectivity index (χ1v) is 6.38. The number of carbonyl (C=O) groups excluding carboxylic acids is 1. The van der Waals surface area contributed by atoms with Crippen molar-refractivity contribution in [3.05, 3.63) is 35.4 Å². The third kappa shape index (κ3) is 2.95. The second-order valence-corrected chi connectivity index (χ2v) is 5.11. The summed E-state index contributed by atoms with van der Waals surface area (Å²) in [6.07, 6.45) is -3.71. The van der Waals surface area contributed by atoms with Crippen molar-refractivity contribution in [1.29, 1.82) is 0 Å². The minimum absolute atomic E-state index is 0.0560. The molecule has 1 aromatic rings. The van der Waals surface area contributed by atoms with Gasteiger partial charge in [0.1, 0.15) is 0 Å². The molecule has 6 heteroatoms. The van der Waals surface area contributed by atoms with Gasteiger partial charge < -0.3 is 10.0 Å². The van der Waals surface area contributed by atoms with Gasteiger partial charge in [-0.2, -0.15) is 13.2 Å². The van der Waals surface area contributed by atoms with Gasteiger partial charge in [0.05, 0.1) is 11.2 Å². The van der Waals surface area contributed by atoms with E-state index in [2.05, 4.69) is 0 Å². The molecule has 0 radical (unpaired) electrons. The summed E-state index contributed by atoms with van der Waals surface area (Å²) in [5.41, 5.74) is -1.42. The molecule has 1 fully saturated rings. The Morgan fingerprint density at radius 3 is 2.10 bits per heavy atom. The fourth-order valence-corrected chi connectivity index (χ4v) is 2.45. The summed E-state index contributed by atoms with van der Waals surface area (Å²) in [6, 6.07) is 4.58. The van der Waals surface area contributed by atoms with Crippen LogP contribution in [-0.2, 0) is 16.6 Å². The van der Waals surface area contributed by atoms with Crippen LogP contribution in [0.4, 0.5) is 13.2 Å². The van der Waals surface area contributed by atoms with Crippen molar-refractivity contribution in [2.75, 3.05) is 13.1 Å². The topological polar surface area (TPSA) is 40.5 Å². The van der Waals surface area contributed by atoms with Crippen LogP contribution in [-0.4, -0.2) is 29.0 Å².